The zero-order valence-electron chi connectivity index (χ0n) is 11.8. The molecule has 0 unspecified atom stereocenters. The molecule has 2 N–H and O–H groups in total. The predicted molar refractivity (Wildman–Crippen MR) is 78.7 cm³/mol. The van der Waals surface area contributed by atoms with Crippen molar-refractivity contribution in [2.24, 2.45) is 5.73 Å². The lowest BCUT2D eigenvalue weighted by Gasteiger charge is -2.17. The van der Waals surface area contributed by atoms with Crippen molar-refractivity contribution in [3.05, 3.63) is 29.8 Å². The van der Waals surface area contributed by atoms with Crippen molar-refractivity contribution < 1.29 is 13.2 Å². The normalized spacial score (nSPS) is 11.2. The molecule has 0 saturated heterocycles. The summed E-state index contributed by atoms with van der Waals surface area (Å²) < 4.78 is 31.0. The fraction of sp³-hybridized carbons (Fsp3) is 0.429. The molecule has 1 aromatic rings. The van der Waals surface area contributed by atoms with Crippen LogP contribution in [0.15, 0.2) is 29.2 Å². The molecule has 6 heteroatoms. The number of nitrogens with zero attached hydrogens (tertiary/aromatic N) is 1. The largest absolute Gasteiger partial charge is 0.385 e. The van der Waals surface area contributed by atoms with Gasteiger partial charge in [0.05, 0.1) is 11.4 Å². The zero-order chi connectivity index (χ0) is 15.0. The summed E-state index contributed by atoms with van der Waals surface area (Å²) in [6, 6.07) is 6.56. The number of rotatable bonds is 6. The van der Waals surface area contributed by atoms with Crippen molar-refractivity contribution in [3.8, 4) is 11.8 Å². The van der Waals surface area contributed by atoms with Gasteiger partial charge in [-0.3, -0.25) is 0 Å². The molecular weight excluding hydrogens is 276 g/mol. The van der Waals surface area contributed by atoms with Gasteiger partial charge >= 0.3 is 0 Å². The van der Waals surface area contributed by atoms with E-state index in [-0.39, 0.29) is 11.4 Å². The Labute approximate surface area is 120 Å². The van der Waals surface area contributed by atoms with Gasteiger partial charge in [0.25, 0.3) is 0 Å². The summed E-state index contributed by atoms with van der Waals surface area (Å²) in [5.41, 5.74) is 5.95. The van der Waals surface area contributed by atoms with Gasteiger partial charge in [0.15, 0.2) is 0 Å². The molecule has 20 heavy (non-hydrogen) atoms. The number of ether oxygens (including phenoxy) is 1. The van der Waals surface area contributed by atoms with E-state index in [0.29, 0.717) is 25.1 Å². The minimum Gasteiger partial charge on any atom is -0.385 e. The Bertz CT molecular complexity index is 588. The van der Waals surface area contributed by atoms with Crippen LogP contribution >= 0.6 is 0 Å². The molecule has 1 rings (SSSR count). The minimum atomic E-state index is -3.49. The maximum atomic E-state index is 12.4. The number of hydrogen-bond acceptors (Lipinski definition) is 4. The molecule has 0 aliphatic carbocycles. The molecule has 0 fully saturated rings. The molecule has 0 spiro atoms. The van der Waals surface area contributed by atoms with E-state index >= 15 is 0 Å². The molecule has 0 atom stereocenters. The lowest BCUT2D eigenvalue weighted by atomic mass is 10.2. The van der Waals surface area contributed by atoms with E-state index in [2.05, 4.69) is 11.8 Å². The first-order valence-corrected chi connectivity index (χ1v) is 7.70. The summed E-state index contributed by atoms with van der Waals surface area (Å²) in [4.78, 5) is 0.237. The maximum Gasteiger partial charge on any atom is 0.242 e. The van der Waals surface area contributed by atoms with Gasteiger partial charge in [-0.2, -0.15) is 0 Å². The Morgan fingerprint density at radius 2 is 2.15 bits per heavy atom. The lowest BCUT2D eigenvalue weighted by Crippen LogP contribution is -2.28. The molecule has 0 radical (unpaired) electrons. The molecule has 0 aliphatic heterocycles. The number of methoxy groups -OCH3 is 1. The van der Waals surface area contributed by atoms with E-state index in [1.807, 2.05) is 0 Å². The van der Waals surface area contributed by atoms with Crippen LogP contribution in [0.4, 0.5) is 0 Å². The van der Waals surface area contributed by atoms with E-state index in [1.165, 1.54) is 4.31 Å². The van der Waals surface area contributed by atoms with Crippen molar-refractivity contribution in [2.45, 2.75) is 11.3 Å². The minimum absolute atomic E-state index is 0.237. The van der Waals surface area contributed by atoms with Crippen LogP contribution in [0.2, 0.25) is 0 Å². The second kappa shape index (κ2) is 8.02. The Kier molecular flexibility index (Phi) is 6.68. The van der Waals surface area contributed by atoms with Gasteiger partial charge in [-0.15, -0.1) is 0 Å². The molecule has 5 nitrogen and oxygen atoms in total. The summed E-state index contributed by atoms with van der Waals surface area (Å²) in [6.45, 7) is 1.19. The maximum absolute atomic E-state index is 12.4. The van der Waals surface area contributed by atoms with E-state index in [1.54, 1.807) is 38.4 Å². The Morgan fingerprint density at radius 3 is 2.80 bits per heavy atom. The molecule has 0 aliphatic rings. The number of benzene rings is 1. The molecule has 0 heterocycles. The molecule has 110 valence electrons. The molecule has 0 bridgehead atoms. The summed E-state index contributed by atoms with van der Waals surface area (Å²) in [5, 5.41) is 0. The van der Waals surface area contributed by atoms with Crippen molar-refractivity contribution in [1.29, 1.82) is 0 Å². The standard InChI is InChI=1S/C14H20N2O3S/c1-16(10-5-11-19-2)20(17,18)14-8-3-6-13(12-14)7-4-9-15/h3,6,8,12H,5,9-11,15H2,1-2H3. The van der Waals surface area contributed by atoms with Crippen LogP contribution in [0, 0.1) is 11.8 Å². The summed E-state index contributed by atoms with van der Waals surface area (Å²) in [6.07, 6.45) is 0.652. The van der Waals surface area contributed by atoms with Crippen LogP contribution in [-0.2, 0) is 14.8 Å². The van der Waals surface area contributed by atoms with Crippen LogP contribution in [0.3, 0.4) is 0 Å². The van der Waals surface area contributed by atoms with Crippen LogP contribution in [0.5, 0.6) is 0 Å². The third-order valence-electron chi connectivity index (χ3n) is 2.70. The van der Waals surface area contributed by atoms with Gasteiger partial charge in [-0.1, -0.05) is 17.9 Å². The van der Waals surface area contributed by atoms with Crippen LogP contribution in [0.25, 0.3) is 0 Å². The number of nitrogens with two attached hydrogens (primary N) is 1. The number of hydrogen-bond donors (Lipinski definition) is 1. The zero-order valence-corrected chi connectivity index (χ0v) is 12.6. The fourth-order valence-corrected chi connectivity index (χ4v) is 2.87. The van der Waals surface area contributed by atoms with Gasteiger partial charge in [0.2, 0.25) is 10.0 Å². The van der Waals surface area contributed by atoms with E-state index in [4.69, 9.17) is 10.5 Å². The van der Waals surface area contributed by atoms with Crippen LogP contribution < -0.4 is 5.73 Å². The number of sulfonamides is 1. The second-order valence-corrected chi connectivity index (χ2v) is 6.25. The molecule has 0 saturated carbocycles. The van der Waals surface area contributed by atoms with Gasteiger partial charge in [0, 0.05) is 32.9 Å². The van der Waals surface area contributed by atoms with E-state index in [9.17, 15) is 8.42 Å². The highest BCUT2D eigenvalue weighted by Gasteiger charge is 2.20. The second-order valence-electron chi connectivity index (χ2n) is 4.21. The molecule has 0 amide bonds. The van der Waals surface area contributed by atoms with Gasteiger partial charge in [-0.25, -0.2) is 12.7 Å². The van der Waals surface area contributed by atoms with Crippen molar-refractivity contribution in [2.75, 3.05) is 33.9 Å². The molecule has 1 aromatic carbocycles. The third kappa shape index (κ3) is 4.62. The fourth-order valence-electron chi connectivity index (χ4n) is 1.62. The van der Waals surface area contributed by atoms with Crippen LogP contribution in [0.1, 0.15) is 12.0 Å². The predicted octanol–water partition coefficient (Wildman–Crippen LogP) is 0.654. The SMILES string of the molecule is COCCCN(C)S(=O)(=O)c1cccc(C#CCN)c1. The van der Waals surface area contributed by atoms with E-state index < -0.39 is 10.0 Å². The highest BCUT2D eigenvalue weighted by atomic mass is 32.2. The Hall–Kier alpha value is -1.39. The molecular formula is C14H20N2O3S. The van der Waals surface area contributed by atoms with Crippen molar-refractivity contribution >= 4 is 10.0 Å². The summed E-state index contributed by atoms with van der Waals surface area (Å²) >= 11 is 0. The van der Waals surface area contributed by atoms with Crippen LogP contribution in [-0.4, -0.2) is 46.6 Å². The average molecular weight is 296 g/mol. The van der Waals surface area contributed by atoms with Gasteiger partial charge in [-0.05, 0) is 24.6 Å². The Balaban J connectivity index is 2.91. The smallest absolute Gasteiger partial charge is 0.242 e. The first-order valence-electron chi connectivity index (χ1n) is 6.26. The first-order chi connectivity index (χ1) is 9.52. The highest BCUT2D eigenvalue weighted by Crippen LogP contribution is 2.15. The third-order valence-corrected chi connectivity index (χ3v) is 4.55. The van der Waals surface area contributed by atoms with Gasteiger partial charge < -0.3 is 10.5 Å². The van der Waals surface area contributed by atoms with Crippen molar-refractivity contribution in [3.63, 3.8) is 0 Å². The topological polar surface area (TPSA) is 72.6 Å². The van der Waals surface area contributed by atoms with Crippen molar-refractivity contribution in [1.82, 2.24) is 4.31 Å². The van der Waals surface area contributed by atoms with E-state index in [0.717, 1.165) is 0 Å². The summed E-state index contributed by atoms with van der Waals surface area (Å²) in [7, 11) is -0.338. The first kappa shape index (κ1) is 16.7. The molecule has 0 aromatic heterocycles. The lowest BCUT2D eigenvalue weighted by molar-refractivity contribution is 0.189. The Morgan fingerprint density at radius 1 is 1.40 bits per heavy atom. The highest BCUT2D eigenvalue weighted by molar-refractivity contribution is 7.89. The average Bonchev–Trinajstić information content (AvgIpc) is 2.45. The monoisotopic (exact) mass is 296 g/mol. The quantitative estimate of drug-likeness (QED) is 0.618. The summed E-state index contributed by atoms with van der Waals surface area (Å²) in [5.74, 6) is 5.54. The van der Waals surface area contributed by atoms with Gasteiger partial charge in [0.1, 0.15) is 0 Å².